The van der Waals surface area contributed by atoms with Crippen LogP contribution in [-0.4, -0.2) is 19.0 Å². The Morgan fingerprint density at radius 1 is 1.44 bits per heavy atom. The van der Waals surface area contributed by atoms with Crippen LogP contribution in [-0.2, 0) is 11.2 Å². The second kappa shape index (κ2) is 6.34. The Bertz CT molecular complexity index is 428. The molecule has 18 heavy (non-hydrogen) atoms. The van der Waals surface area contributed by atoms with Gasteiger partial charge in [-0.2, -0.15) is 0 Å². The fourth-order valence-electron chi connectivity index (χ4n) is 2.30. The summed E-state index contributed by atoms with van der Waals surface area (Å²) in [7, 11) is 0. The molecule has 0 spiro atoms. The molecule has 1 fully saturated rings. The second-order valence-corrected chi connectivity index (χ2v) is 5.58. The Morgan fingerprint density at radius 3 is 2.83 bits per heavy atom. The minimum absolute atomic E-state index is 0.152. The van der Waals surface area contributed by atoms with Crippen molar-refractivity contribution in [2.24, 2.45) is 5.92 Å². The zero-order valence-corrected chi connectivity index (χ0v) is 12.2. The SMILES string of the molecule is CCc1cc(Br)ccc1NC(=O)C1CCNCC1. The Balaban J connectivity index is 2.06. The molecule has 1 aliphatic heterocycles. The Hall–Kier alpha value is -0.870. The van der Waals surface area contributed by atoms with E-state index in [0.29, 0.717) is 0 Å². The van der Waals surface area contributed by atoms with E-state index in [1.54, 1.807) is 0 Å². The van der Waals surface area contributed by atoms with Gasteiger partial charge in [-0.1, -0.05) is 22.9 Å². The molecule has 1 aromatic rings. The van der Waals surface area contributed by atoms with E-state index in [9.17, 15) is 4.79 Å². The number of piperidine rings is 1. The molecule has 0 saturated carbocycles. The molecule has 1 aliphatic rings. The van der Waals surface area contributed by atoms with E-state index >= 15 is 0 Å². The molecule has 98 valence electrons. The van der Waals surface area contributed by atoms with Gasteiger partial charge in [0.2, 0.25) is 5.91 Å². The lowest BCUT2D eigenvalue weighted by Crippen LogP contribution is -2.34. The normalized spacial score (nSPS) is 16.6. The molecule has 1 amide bonds. The fourth-order valence-corrected chi connectivity index (χ4v) is 2.70. The fraction of sp³-hybridized carbons (Fsp3) is 0.500. The van der Waals surface area contributed by atoms with Gasteiger partial charge in [0, 0.05) is 16.1 Å². The molecule has 2 N–H and O–H groups in total. The average Bonchev–Trinajstić information content (AvgIpc) is 2.41. The van der Waals surface area contributed by atoms with Crippen molar-refractivity contribution in [3.63, 3.8) is 0 Å². The first kappa shape index (κ1) is 13.6. The Labute approximate surface area is 116 Å². The van der Waals surface area contributed by atoms with Crippen LogP contribution in [0, 0.1) is 5.92 Å². The topological polar surface area (TPSA) is 41.1 Å². The van der Waals surface area contributed by atoms with Gasteiger partial charge in [0.15, 0.2) is 0 Å². The lowest BCUT2D eigenvalue weighted by molar-refractivity contribution is -0.120. The maximum Gasteiger partial charge on any atom is 0.227 e. The quantitative estimate of drug-likeness (QED) is 0.901. The van der Waals surface area contributed by atoms with Crippen molar-refractivity contribution in [1.29, 1.82) is 0 Å². The summed E-state index contributed by atoms with van der Waals surface area (Å²) in [5, 5.41) is 6.35. The third-order valence-electron chi connectivity index (χ3n) is 3.42. The molecule has 2 rings (SSSR count). The van der Waals surface area contributed by atoms with Crippen LogP contribution in [0.2, 0.25) is 0 Å². The maximum atomic E-state index is 12.2. The van der Waals surface area contributed by atoms with Crippen molar-refractivity contribution in [1.82, 2.24) is 5.32 Å². The maximum absolute atomic E-state index is 12.2. The standard InChI is InChI=1S/C14H19BrN2O/c1-2-10-9-12(15)3-4-13(10)17-14(18)11-5-7-16-8-6-11/h3-4,9,11,16H,2,5-8H2,1H3,(H,17,18). The van der Waals surface area contributed by atoms with Crippen LogP contribution in [0.25, 0.3) is 0 Å². The molecule has 3 nitrogen and oxygen atoms in total. The van der Waals surface area contributed by atoms with Crippen LogP contribution in [0.3, 0.4) is 0 Å². The Morgan fingerprint density at radius 2 is 2.17 bits per heavy atom. The van der Waals surface area contributed by atoms with Gasteiger partial charge in [0.05, 0.1) is 0 Å². The number of amides is 1. The highest BCUT2D eigenvalue weighted by Crippen LogP contribution is 2.23. The molecule has 0 radical (unpaired) electrons. The van der Waals surface area contributed by atoms with E-state index in [1.165, 1.54) is 5.56 Å². The number of halogens is 1. The summed E-state index contributed by atoms with van der Waals surface area (Å²) in [5.41, 5.74) is 2.12. The third kappa shape index (κ3) is 3.33. The van der Waals surface area contributed by atoms with Crippen molar-refractivity contribution in [2.45, 2.75) is 26.2 Å². The highest BCUT2D eigenvalue weighted by atomic mass is 79.9. The summed E-state index contributed by atoms with van der Waals surface area (Å²) in [6.07, 6.45) is 2.79. The molecule has 0 unspecified atom stereocenters. The number of hydrogen-bond acceptors (Lipinski definition) is 2. The van der Waals surface area contributed by atoms with Crippen LogP contribution in [0.5, 0.6) is 0 Å². The van der Waals surface area contributed by atoms with E-state index in [0.717, 1.165) is 42.5 Å². The predicted molar refractivity (Wildman–Crippen MR) is 77.7 cm³/mol. The van der Waals surface area contributed by atoms with Gasteiger partial charge in [-0.05, 0) is 56.1 Å². The molecule has 0 bridgehead atoms. The number of carbonyl (C=O) groups is 1. The van der Waals surface area contributed by atoms with Crippen molar-refractivity contribution in [3.8, 4) is 0 Å². The molecule has 1 heterocycles. The highest BCUT2D eigenvalue weighted by molar-refractivity contribution is 9.10. The van der Waals surface area contributed by atoms with E-state index < -0.39 is 0 Å². The van der Waals surface area contributed by atoms with Gasteiger partial charge in [-0.15, -0.1) is 0 Å². The van der Waals surface area contributed by atoms with Crippen LogP contribution < -0.4 is 10.6 Å². The number of carbonyl (C=O) groups excluding carboxylic acids is 1. The largest absolute Gasteiger partial charge is 0.326 e. The molecular weight excluding hydrogens is 292 g/mol. The second-order valence-electron chi connectivity index (χ2n) is 4.67. The van der Waals surface area contributed by atoms with E-state index in [-0.39, 0.29) is 11.8 Å². The van der Waals surface area contributed by atoms with Gasteiger partial charge < -0.3 is 10.6 Å². The number of anilines is 1. The first-order valence-electron chi connectivity index (χ1n) is 6.50. The first-order valence-corrected chi connectivity index (χ1v) is 7.30. The number of aryl methyl sites for hydroxylation is 1. The minimum atomic E-state index is 0.152. The van der Waals surface area contributed by atoms with Crippen molar-refractivity contribution >= 4 is 27.5 Å². The highest BCUT2D eigenvalue weighted by Gasteiger charge is 2.21. The van der Waals surface area contributed by atoms with E-state index in [4.69, 9.17) is 0 Å². The molecule has 4 heteroatoms. The number of nitrogens with one attached hydrogen (secondary N) is 2. The number of benzene rings is 1. The molecule has 0 aromatic heterocycles. The smallest absolute Gasteiger partial charge is 0.227 e. The molecule has 1 saturated heterocycles. The van der Waals surface area contributed by atoms with E-state index in [1.807, 2.05) is 12.1 Å². The number of rotatable bonds is 3. The van der Waals surface area contributed by atoms with Crippen molar-refractivity contribution in [2.75, 3.05) is 18.4 Å². The zero-order valence-electron chi connectivity index (χ0n) is 10.6. The van der Waals surface area contributed by atoms with Gasteiger partial charge in [0.1, 0.15) is 0 Å². The summed E-state index contributed by atoms with van der Waals surface area (Å²) in [6, 6.07) is 6.01. The summed E-state index contributed by atoms with van der Waals surface area (Å²) in [4.78, 5) is 12.2. The molecular formula is C14H19BrN2O. The lowest BCUT2D eigenvalue weighted by atomic mass is 9.97. The van der Waals surface area contributed by atoms with E-state index in [2.05, 4.69) is 39.6 Å². The molecule has 0 aliphatic carbocycles. The van der Waals surface area contributed by atoms with Crippen molar-refractivity contribution < 1.29 is 4.79 Å². The van der Waals surface area contributed by atoms with Gasteiger partial charge >= 0.3 is 0 Å². The van der Waals surface area contributed by atoms with Crippen LogP contribution in [0.1, 0.15) is 25.3 Å². The average molecular weight is 311 g/mol. The predicted octanol–water partition coefficient (Wildman–Crippen LogP) is 2.95. The zero-order chi connectivity index (χ0) is 13.0. The summed E-state index contributed by atoms with van der Waals surface area (Å²) < 4.78 is 1.05. The summed E-state index contributed by atoms with van der Waals surface area (Å²) in [5.74, 6) is 0.313. The van der Waals surface area contributed by atoms with Gasteiger partial charge in [0.25, 0.3) is 0 Å². The van der Waals surface area contributed by atoms with Gasteiger partial charge in [-0.3, -0.25) is 4.79 Å². The molecule has 0 atom stereocenters. The summed E-state index contributed by atoms with van der Waals surface area (Å²) >= 11 is 3.46. The van der Waals surface area contributed by atoms with Crippen LogP contribution in [0.4, 0.5) is 5.69 Å². The third-order valence-corrected chi connectivity index (χ3v) is 3.91. The monoisotopic (exact) mass is 310 g/mol. The van der Waals surface area contributed by atoms with Gasteiger partial charge in [-0.25, -0.2) is 0 Å². The summed E-state index contributed by atoms with van der Waals surface area (Å²) in [6.45, 7) is 3.99. The first-order chi connectivity index (χ1) is 8.70. The van der Waals surface area contributed by atoms with Crippen LogP contribution >= 0.6 is 15.9 Å². The number of hydrogen-bond donors (Lipinski definition) is 2. The minimum Gasteiger partial charge on any atom is -0.326 e. The van der Waals surface area contributed by atoms with Crippen molar-refractivity contribution in [3.05, 3.63) is 28.2 Å². The lowest BCUT2D eigenvalue weighted by Gasteiger charge is -2.22. The molecule has 1 aromatic carbocycles. The Kier molecular flexibility index (Phi) is 4.78. The van der Waals surface area contributed by atoms with Crippen LogP contribution in [0.15, 0.2) is 22.7 Å².